The Morgan fingerprint density at radius 3 is 2.18 bits per heavy atom. The first-order chi connectivity index (χ1) is 15.7. The summed E-state index contributed by atoms with van der Waals surface area (Å²) in [6.45, 7) is 1.68. The molecule has 1 heterocycles. The molecule has 1 aromatic heterocycles. The maximum absolute atomic E-state index is 12.9. The number of hydrogen-bond acceptors (Lipinski definition) is 3. The molecule has 9 heteroatoms. The Morgan fingerprint density at radius 2 is 1.55 bits per heavy atom. The number of benzene rings is 3. The Labute approximate surface area is 187 Å². The van der Waals surface area contributed by atoms with Gasteiger partial charge in [0.1, 0.15) is 5.82 Å². The molecule has 3 aromatic carbocycles. The first-order valence-electron chi connectivity index (χ1n) is 10.00. The molecule has 3 N–H and O–H groups in total. The monoisotopic (exact) mass is 459 g/mol. The Hall–Kier alpha value is -3.72. The maximum atomic E-state index is 12.9. The fourth-order valence-electron chi connectivity index (χ4n) is 3.04. The van der Waals surface area contributed by atoms with Crippen molar-refractivity contribution in [2.75, 3.05) is 6.54 Å². The second-order valence-electron chi connectivity index (χ2n) is 7.19. The number of H-pyrrole nitrogens is 1. The van der Waals surface area contributed by atoms with Gasteiger partial charge in [0.05, 0.1) is 17.4 Å². The van der Waals surface area contributed by atoms with Gasteiger partial charge in [-0.2, -0.15) is 13.2 Å². The molecule has 0 radical (unpaired) electrons. The van der Waals surface area contributed by atoms with E-state index in [0.29, 0.717) is 0 Å². The molecule has 5 nitrogen and oxygen atoms in total. The van der Waals surface area contributed by atoms with Crippen molar-refractivity contribution in [1.82, 2.24) is 15.3 Å². The Morgan fingerprint density at radius 1 is 0.939 bits per heavy atom. The normalized spacial score (nSPS) is 11.2. The van der Waals surface area contributed by atoms with E-state index in [1.54, 1.807) is 6.33 Å². The van der Waals surface area contributed by atoms with Crippen LogP contribution in [0.5, 0.6) is 0 Å². The first-order valence-corrected chi connectivity index (χ1v) is 10.00. The number of hydrogen-bond donors (Lipinski definition) is 3. The minimum absolute atomic E-state index is 0.187. The van der Waals surface area contributed by atoms with E-state index in [2.05, 4.69) is 57.7 Å². The van der Waals surface area contributed by atoms with Gasteiger partial charge in [0, 0.05) is 6.54 Å². The summed E-state index contributed by atoms with van der Waals surface area (Å²) in [6, 6.07) is 21.5. The van der Waals surface area contributed by atoms with Gasteiger partial charge in [0.25, 0.3) is 0 Å². The smallest absolute Gasteiger partial charge is 0.475 e. The second kappa shape index (κ2) is 10.7. The largest absolute Gasteiger partial charge is 0.490 e. The average molecular weight is 459 g/mol. The van der Waals surface area contributed by atoms with Crippen molar-refractivity contribution < 1.29 is 27.5 Å². The van der Waals surface area contributed by atoms with Crippen molar-refractivity contribution in [3.8, 4) is 11.1 Å². The Kier molecular flexibility index (Phi) is 7.78. The van der Waals surface area contributed by atoms with Crippen molar-refractivity contribution in [3.63, 3.8) is 0 Å². The molecule has 0 fully saturated rings. The molecule has 0 unspecified atom stereocenters. The van der Waals surface area contributed by atoms with Crippen molar-refractivity contribution in [2.24, 2.45) is 0 Å². The van der Waals surface area contributed by atoms with E-state index in [4.69, 9.17) is 9.90 Å². The van der Waals surface area contributed by atoms with E-state index in [9.17, 15) is 17.6 Å². The topological polar surface area (TPSA) is 78.0 Å². The van der Waals surface area contributed by atoms with Crippen LogP contribution < -0.4 is 5.32 Å². The van der Waals surface area contributed by atoms with E-state index in [0.717, 1.165) is 36.1 Å². The highest BCUT2D eigenvalue weighted by molar-refractivity contribution is 5.81. The van der Waals surface area contributed by atoms with Gasteiger partial charge < -0.3 is 15.4 Å². The zero-order chi connectivity index (χ0) is 23.8. The number of fused-ring (bicyclic) bond motifs is 1. The van der Waals surface area contributed by atoms with Crippen molar-refractivity contribution >= 4 is 17.0 Å². The summed E-state index contributed by atoms with van der Waals surface area (Å²) in [6.07, 6.45) is -2.48. The predicted molar refractivity (Wildman–Crippen MR) is 117 cm³/mol. The summed E-state index contributed by atoms with van der Waals surface area (Å²) in [7, 11) is 0. The summed E-state index contributed by atoms with van der Waals surface area (Å²) >= 11 is 0. The molecular formula is C24H21F4N3O2. The van der Waals surface area contributed by atoms with E-state index in [1.165, 1.54) is 28.8 Å². The van der Waals surface area contributed by atoms with Gasteiger partial charge in [-0.15, -0.1) is 0 Å². The van der Waals surface area contributed by atoms with Crippen LogP contribution in [0.1, 0.15) is 11.1 Å². The SMILES string of the molecule is Fc1ccc(CCNCc2ccc(-c3ccc4[nH]cnc4c3)cc2)cc1.O=C(O)C(F)(F)F. The van der Waals surface area contributed by atoms with Crippen molar-refractivity contribution in [2.45, 2.75) is 19.1 Å². The molecule has 0 saturated carbocycles. The molecule has 0 aliphatic heterocycles. The molecule has 0 saturated heterocycles. The summed E-state index contributed by atoms with van der Waals surface area (Å²) in [5.41, 5.74) is 6.77. The van der Waals surface area contributed by atoms with Gasteiger partial charge in [-0.3, -0.25) is 0 Å². The van der Waals surface area contributed by atoms with E-state index in [1.807, 2.05) is 12.1 Å². The number of carboxylic acids is 1. The Bertz CT molecular complexity index is 1190. The van der Waals surface area contributed by atoms with E-state index < -0.39 is 12.1 Å². The van der Waals surface area contributed by atoms with Crippen LogP contribution >= 0.6 is 0 Å². The molecule has 0 bridgehead atoms. The third-order valence-corrected chi connectivity index (χ3v) is 4.78. The quantitative estimate of drug-likeness (QED) is 0.269. The van der Waals surface area contributed by atoms with Crippen LogP contribution in [0.4, 0.5) is 17.6 Å². The van der Waals surface area contributed by atoms with Gasteiger partial charge >= 0.3 is 12.1 Å². The van der Waals surface area contributed by atoms with Crippen LogP contribution in [0.25, 0.3) is 22.2 Å². The highest BCUT2D eigenvalue weighted by Gasteiger charge is 2.38. The molecule has 4 rings (SSSR count). The number of rotatable bonds is 6. The fraction of sp³-hybridized carbons (Fsp3) is 0.167. The zero-order valence-electron chi connectivity index (χ0n) is 17.4. The van der Waals surface area contributed by atoms with Gasteiger partial charge in [0.2, 0.25) is 0 Å². The lowest BCUT2D eigenvalue weighted by Gasteiger charge is -2.07. The first kappa shape index (κ1) is 23.9. The number of nitrogens with one attached hydrogen (secondary N) is 2. The molecule has 0 spiro atoms. The number of imidazole rings is 1. The van der Waals surface area contributed by atoms with Crippen LogP contribution in [0.3, 0.4) is 0 Å². The third-order valence-electron chi connectivity index (χ3n) is 4.78. The number of aliphatic carboxylic acids is 1. The van der Waals surface area contributed by atoms with Crippen LogP contribution in [0, 0.1) is 5.82 Å². The number of halogens is 4. The number of aromatic nitrogens is 2. The second-order valence-corrected chi connectivity index (χ2v) is 7.19. The number of carboxylic acid groups (broad SMARTS) is 1. The van der Waals surface area contributed by atoms with Gasteiger partial charge in [-0.05, 0) is 59.5 Å². The lowest BCUT2D eigenvalue weighted by atomic mass is 10.0. The van der Waals surface area contributed by atoms with Crippen molar-refractivity contribution in [1.29, 1.82) is 0 Å². The number of nitrogens with zero attached hydrogens (tertiary/aromatic N) is 1. The fourth-order valence-corrected chi connectivity index (χ4v) is 3.04. The van der Waals surface area contributed by atoms with E-state index >= 15 is 0 Å². The minimum Gasteiger partial charge on any atom is -0.475 e. The highest BCUT2D eigenvalue weighted by Crippen LogP contribution is 2.23. The molecule has 33 heavy (non-hydrogen) atoms. The maximum Gasteiger partial charge on any atom is 0.490 e. The van der Waals surface area contributed by atoms with E-state index in [-0.39, 0.29) is 5.82 Å². The summed E-state index contributed by atoms with van der Waals surface area (Å²) < 4.78 is 44.6. The van der Waals surface area contributed by atoms with Crippen molar-refractivity contribution in [3.05, 3.63) is 90.0 Å². The third kappa shape index (κ3) is 7.15. The average Bonchev–Trinajstić information content (AvgIpc) is 3.26. The molecule has 0 atom stereocenters. The molecule has 0 aliphatic rings. The molecule has 0 amide bonds. The van der Waals surface area contributed by atoms with Gasteiger partial charge in [0.15, 0.2) is 0 Å². The predicted octanol–water partition coefficient (Wildman–Crippen LogP) is 5.33. The van der Waals surface area contributed by atoms with Crippen LogP contribution in [-0.4, -0.2) is 33.8 Å². The lowest BCUT2D eigenvalue weighted by molar-refractivity contribution is -0.192. The summed E-state index contributed by atoms with van der Waals surface area (Å²) in [4.78, 5) is 16.3. The molecular weight excluding hydrogens is 438 g/mol. The van der Waals surface area contributed by atoms with Crippen LogP contribution in [0.15, 0.2) is 73.1 Å². The lowest BCUT2D eigenvalue weighted by Crippen LogP contribution is -2.21. The molecule has 0 aliphatic carbocycles. The number of carbonyl (C=O) groups is 1. The zero-order valence-corrected chi connectivity index (χ0v) is 17.4. The highest BCUT2D eigenvalue weighted by atomic mass is 19.4. The van der Waals surface area contributed by atoms with Gasteiger partial charge in [-0.1, -0.05) is 42.5 Å². The summed E-state index contributed by atoms with van der Waals surface area (Å²) in [5, 5.41) is 10.6. The number of alkyl halides is 3. The summed E-state index contributed by atoms with van der Waals surface area (Å²) in [5.74, 6) is -2.94. The number of aromatic amines is 1. The standard InChI is InChI=1S/C22H20FN3.C2HF3O2/c23-20-8-3-16(4-9-20)11-12-24-14-17-1-5-18(6-2-17)19-7-10-21-22(13-19)26-15-25-21;3-2(4,5)1(6)7/h1-10,13,15,24H,11-12,14H2,(H,25,26);(H,6,7). The van der Waals surface area contributed by atoms with Gasteiger partial charge in [-0.25, -0.2) is 14.2 Å². The molecule has 4 aromatic rings. The van der Waals surface area contributed by atoms with Crippen LogP contribution in [-0.2, 0) is 17.8 Å². The Balaban J connectivity index is 0.000000383. The van der Waals surface area contributed by atoms with Crippen LogP contribution in [0.2, 0.25) is 0 Å². The minimum atomic E-state index is -5.08. The molecule has 172 valence electrons.